The van der Waals surface area contributed by atoms with Gasteiger partial charge in [0.05, 0.1) is 11.1 Å². The summed E-state index contributed by atoms with van der Waals surface area (Å²) in [6.07, 6.45) is 1.75. The predicted molar refractivity (Wildman–Crippen MR) is 130 cm³/mol. The maximum Gasteiger partial charge on any atom is 0.261 e. The molecule has 1 aliphatic rings. The second kappa shape index (κ2) is 11.6. The Morgan fingerprint density at radius 2 is 1.50 bits per heavy atom. The van der Waals surface area contributed by atoms with Crippen LogP contribution in [0.2, 0.25) is 0 Å². The molecule has 2 atom stereocenters. The Kier molecular flexibility index (Phi) is 8.57. The number of carbonyl (C=O) groups excluding carboxylic acids is 4. The largest absolute Gasteiger partial charge is 0.352 e. The molecule has 7 nitrogen and oxygen atoms in total. The van der Waals surface area contributed by atoms with E-state index in [1.54, 1.807) is 29.2 Å². The number of fused-ring (bicyclic) bond motifs is 1. The summed E-state index contributed by atoms with van der Waals surface area (Å²) in [7, 11) is 0. The zero-order chi connectivity index (χ0) is 24.7. The molecule has 34 heavy (non-hydrogen) atoms. The van der Waals surface area contributed by atoms with Crippen LogP contribution in [-0.4, -0.2) is 52.1 Å². The Hall–Kier alpha value is -3.48. The molecule has 7 heteroatoms. The Morgan fingerprint density at radius 3 is 2.06 bits per heavy atom. The lowest BCUT2D eigenvalue weighted by Crippen LogP contribution is -2.50. The summed E-state index contributed by atoms with van der Waals surface area (Å²) in [4.78, 5) is 54.3. The second-order valence-corrected chi connectivity index (χ2v) is 8.66. The molecule has 180 valence electrons. The van der Waals surface area contributed by atoms with Gasteiger partial charge in [0.25, 0.3) is 11.8 Å². The van der Waals surface area contributed by atoms with Crippen LogP contribution in [-0.2, 0) is 16.1 Å². The van der Waals surface area contributed by atoms with Gasteiger partial charge in [0.15, 0.2) is 0 Å². The summed E-state index contributed by atoms with van der Waals surface area (Å²) < 4.78 is 0. The Bertz CT molecular complexity index is 1000. The molecule has 1 aliphatic heterocycles. The van der Waals surface area contributed by atoms with Crippen molar-refractivity contribution >= 4 is 23.6 Å². The summed E-state index contributed by atoms with van der Waals surface area (Å²) in [5.41, 5.74) is 1.74. The van der Waals surface area contributed by atoms with Gasteiger partial charge in [0.1, 0.15) is 6.04 Å². The van der Waals surface area contributed by atoms with Crippen molar-refractivity contribution in [3.8, 4) is 0 Å². The van der Waals surface area contributed by atoms with Gasteiger partial charge in [-0.15, -0.1) is 0 Å². The van der Waals surface area contributed by atoms with E-state index in [2.05, 4.69) is 5.32 Å². The number of hydrogen-bond donors (Lipinski definition) is 1. The van der Waals surface area contributed by atoms with Crippen molar-refractivity contribution in [3.63, 3.8) is 0 Å². The second-order valence-electron chi connectivity index (χ2n) is 8.66. The van der Waals surface area contributed by atoms with Gasteiger partial charge in [-0.3, -0.25) is 24.1 Å². The quantitative estimate of drug-likeness (QED) is 0.514. The molecular weight excluding hydrogens is 430 g/mol. The predicted octanol–water partition coefficient (Wildman–Crippen LogP) is 3.78. The van der Waals surface area contributed by atoms with E-state index in [-0.39, 0.29) is 42.6 Å². The number of hydrogen-bond acceptors (Lipinski definition) is 4. The molecule has 0 aromatic heterocycles. The number of rotatable bonds is 11. The SMILES string of the molecule is CCC(C)NC(=O)C(CC)N(Cc1ccccc1)C(=O)CCCN1C(=O)c2ccccc2C1=O. The average molecular weight is 464 g/mol. The van der Waals surface area contributed by atoms with Gasteiger partial charge in [-0.25, -0.2) is 0 Å². The van der Waals surface area contributed by atoms with E-state index in [1.165, 1.54) is 4.90 Å². The van der Waals surface area contributed by atoms with Crippen molar-refractivity contribution in [2.45, 2.75) is 65.1 Å². The third kappa shape index (κ3) is 5.71. The first-order valence-corrected chi connectivity index (χ1v) is 12.0. The van der Waals surface area contributed by atoms with Crippen molar-refractivity contribution in [2.24, 2.45) is 0 Å². The minimum Gasteiger partial charge on any atom is -0.352 e. The van der Waals surface area contributed by atoms with Gasteiger partial charge >= 0.3 is 0 Å². The van der Waals surface area contributed by atoms with Crippen LogP contribution in [0, 0.1) is 0 Å². The molecule has 0 fully saturated rings. The minimum absolute atomic E-state index is 0.0176. The van der Waals surface area contributed by atoms with Gasteiger partial charge < -0.3 is 10.2 Å². The Morgan fingerprint density at radius 1 is 0.912 bits per heavy atom. The summed E-state index contributed by atoms with van der Waals surface area (Å²) in [5, 5.41) is 2.99. The smallest absolute Gasteiger partial charge is 0.261 e. The number of carbonyl (C=O) groups is 4. The van der Waals surface area contributed by atoms with Crippen molar-refractivity contribution in [3.05, 3.63) is 71.3 Å². The molecule has 0 saturated heterocycles. The molecular formula is C27H33N3O4. The highest BCUT2D eigenvalue weighted by Gasteiger charge is 2.35. The maximum absolute atomic E-state index is 13.3. The fourth-order valence-electron chi connectivity index (χ4n) is 4.11. The van der Waals surface area contributed by atoms with Crippen LogP contribution in [0.25, 0.3) is 0 Å². The van der Waals surface area contributed by atoms with Crippen LogP contribution >= 0.6 is 0 Å². The van der Waals surface area contributed by atoms with Crippen LogP contribution in [0.3, 0.4) is 0 Å². The standard InChI is InChI=1S/C27H33N3O4/c1-4-19(3)28-25(32)23(5-2)30(18-20-12-7-6-8-13-20)24(31)16-11-17-29-26(33)21-14-9-10-15-22(21)27(29)34/h6-10,12-15,19,23H,4-5,11,16-18H2,1-3H3,(H,28,32). The lowest BCUT2D eigenvalue weighted by atomic mass is 10.1. The summed E-state index contributed by atoms with van der Waals surface area (Å²) in [6.45, 7) is 6.31. The number of nitrogens with one attached hydrogen (secondary N) is 1. The molecule has 1 N–H and O–H groups in total. The van der Waals surface area contributed by atoms with Crippen molar-refractivity contribution in [2.75, 3.05) is 6.54 Å². The highest BCUT2D eigenvalue weighted by atomic mass is 16.2. The van der Waals surface area contributed by atoms with Gasteiger partial charge in [-0.1, -0.05) is 56.3 Å². The molecule has 0 radical (unpaired) electrons. The van der Waals surface area contributed by atoms with Gasteiger partial charge in [-0.2, -0.15) is 0 Å². The van der Waals surface area contributed by atoms with Crippen LogP contribution in [0.15, 0.2) is 54.6 Å². The fourth-order valence-corrected chi connectivity index (χ4v) is 4.11. The molecule has 0 bridgehead atoms. The molecule has 2 unspecified atom stereocenters. The zero-order valence-corrected chi connectivity index (χ0v) is 20.1. The van der Waals surface area contributed by atoms with E-state index in [1.807, 2.05) is 51.1 Å². The molecule has 1 heterocycles. The van der Waals surface area contributed by atoms with Gasteiger partial charge in [0, 0.05) is 25.6 Å². The van der Waals surface area contributed by atoms with Crippen LogP contribution in [0.5, 0.6) is 0 Å². The first-order chi connectivity index (χ1) is 16.4. The molecule has 0 aliphatic carbocycles. The summed E-state index contributed by atoms with van der Waals surface area (Å²) in [5.74, 6) is -0.991. The third-order valence-corrected chi connectivity index (χ3v) is 6.23. The van der Waals surface area contributed by atoms with E-state index in [0.717, 1.165) is 12.0 Å². The van der Waals surface area contributed by atoms with Crippen molar-refractivity contribution in [1.82, 2.24) is 15.1 Å². The van der Waals surface area contributed by atoms with Crippen LogP contribution in [0.1, 0.15) is 72.7 Å². The topological polar surface area (TPSA) is 86.8 Å². The lowest BCUT2D eigenvalue weighted by molar-refractivity contribution is -0.141. The molecule has 2 aromatic rings. The number of imide groups is 1. The molecule has 0 spiro atoms. The third-order valence-electron chi connectivity index (χ3n) is 6.23. The van der Waals surface area contributed by atoms with Gasteiger partial charge in [-0.05, 0) is 43.9 Å². The number of amides is 4. The zero-order valence-electron chi connectivity index (χ0n) is 20.1. The number of nitrogens with zero attached hydrogens (tertiary/aromatic N) is 2. The summed E-state index contributed by atoms with van der Waals surface area (Å²) >= 11 is 0. The summed E-state index contributed by atoms with van der Waals surface area (Å²) in [6, 6.07) is 15.7. The highest BCUT2D eigenvalue weighted by molar-refractivity contribution is 6.21. The van der Waals surface area contributed by atoms with Crippen LogP contribution in [0.4, 0.5) is 0 Å². The van der Waals surface area contributed by atoms with Crippen LogP contribution < -0.4 is 5.32 Å². The normalized spacial score (nSPS) is 14.5. The fraction of sp³-hybridized carbons (Fsp3) is 0.407. The highest BCUT2D eigenvalue weighted by Crippen LogP contribution is 2.23. The molecule has 0 saturated carbocycles. The monoisotopic (exact) mass is 463 g/mol. The van der Waals surface area contributed by atoms with E-state index in [0.29, 0.717) is 30.5 Å². The Balaban J connectivity index is 1.69. The molecule has 2 aromatic carbocycles. The number of benzene rings is 2. The maximum atomic E-state index is 13.3. The average Bonchev–Trinajstić information content (AvgIpc) is 3.09. The van der Waals surface area contributed by atoms with Gasteiger partial charge in [0.2, 0.25) is 11.8 Å². The van der Waals surface area contributed by atoms with E-state index < -0.39 is 6.04 Å². The van der Waals surface area contributed by atoms with Crippen molar-refractivity contribution in [1.29, 1.82) is 0 Å². The molecule has 3 rings (SSSR count). The van der Waals surface area contributed by atoms with E-state index in [4.69, 9.17) is 0 Å². The first-order valence-electron chi connectivity index (χ1n) is 12.0. The lowest BCUT2D eigenvalue weighted by Gasteiger charge is -2.31. The van der Waals surface area contributed by atoms with E-state index >= 15 is 0 Å². The minimum atomic E-state index is -0.596. The molecule has 4 amide bonds. The first kappa shape index (κ1) is 25.1. The Labute approximate surface area is 201 Å². The van der Waals surface area contributed by atoms with Crippen molar-refractivity contribution < 1.29 is 19.2 Å². The van der Waals surface area contributed by atoms with E-state index in [9.17, 15) is 19.2 Å².